The zero-order chi connectivity index (χ0) is 21.3. The van der Waals surface area contributed by atoms with Crippen molar-refractivity contribution in [1.29, 1.82) is 0 Å². The molecule has 2 heterocycles. The summed E-state index contributed by atoms with van der Waals surface area (Å²) in [5.74, 6) is -0.913. The lowest BCUT2D eigenvalue weighted by atomic mass is 10.2. The highest BCUT2D eigenvalue weighted by atomic mass is 19.3. The van der Waals surface area contributed by atoms with Gasteiger partial charge in [0.2, 0.25) is 0 Å². The molecule has 0 radical (unpaired) electrons. The number of hydrogen-bond acceptors (Lipinski definition) is 6. The van der Waals surface area contributed by atoms with Gasteiger partial charge in [-0.1, -0.05) is 0 Å². The summed E-state index contributed by atoms with van der Waals surface area (Å²) in [4.78, 5) is 26.1. The summed E-state index contributed by atoms with van der Waals surface area (Å²) < 4.78 is 57.7. The lowest BCUT2D eigenvalue weighted by Crippen LogP contribution is -2.14. The SMILES string of the molecule is COc1cc([N+](=O)[O-])ccc1NC(=O)c1cc2nc(C(F)F)cc(C(F)F)n2n1. The van der Waals surface area contributed by atoms with Crippen molar-refractivity contribution >= 4 is 22.9 Å². The Kier molecular flexibility index (Phi) is 5.30. The average molecular weight is 413 g/mol. The van der Waals surface area contributed by atoms with E-state index in [1.54, 1.807) is 0 Å². The Morgan fingerprint density at radius 1 is 1.21 bits per heavy atom. The fraction of sp³-hybridized carbons (Fsp3) is 0.188. The van der Waals surface area contributed by atoms with Crippen LogP contribution in [0.3, 0.4) is 0 Å². The number of hydrogen-bond donors (Lipinski definition) is 1. The first-order chi connectivity index (χ1) is 13.7. The summed E-state index contributed by atoms with van der Waals surface area (Å²) >= 11 is 0. The van der Waals surface area contributed by atoms with Gasteiger partial charge in [0.25, 0.3) is 24.4 Å². The van der Waals surface area contributed by atoms with E-state index in [2.05, 4.69) is 15.4 Å². The number of fused-ring (bicyclic) bond motifs is 1. The maximum absolute atomic E-state index is 13.2. The summed E-state index contributed by atoms with van der Waals surface area (Å²) in [5.41, 5.74) is -2.70. The van der Waals surface area contributed by atoms with E-state index in [4.69, 9.17) is 4.74 Å². The minimum absolute atomic E-state index is 0.0253. The third-order valence-corrected chi connectivity index (χ3v) is 3.80. The van der Waals surface area contributed by atoms with Crippen molar-refractivity contribution in [2.75, 3.05) is 12.4 Å². The van der Waals surface area contributed by atoms with Gasteiger partial charge in [0.1, 0.15) is 17.1 Å². The average Bonchev–Trinajstić information content (AvgIpc) is 3.11. The first-order valence-corrected chi connectivity index (χ1v) is 7.82. The third-order valence-electron chi connectivity index (χ3n) is 3.80. The molecule has 152 valence electrons. The molecule has 0 unspecified atom stereocenters. The molecule has 0 bridgehead atoms. The Bertz CT molecular complexity index is 1100. The van der Waals surface area contributed by atoms with Gasteiger partial charge in [0, 0.05) is 12.1 Å². The molecule has 0 aliphatic heterocycles. The van der Waals surface area contributed by atoms with Gasteiger partial charge in [-0.15, -0.1) is 0 Å². The number of anilines is 1. The Labute approximate surface area is 159 Å². The highest BCUT2D eigenvalue weighted by Crippen LogP contribution is 2.30. The number of ether oxygens (including phenoxy) is 1. The van der Waals surface area contributed by atoms with Crippen molar-refractivity contribution < 1.29 is 32.0 Å². The van der Waals surface area contributed by atoms with Gasteiger partial charge in [-0.25, -0.2) is 27.1 Å². The number of nitrogens with one attached hydrogen (secondary N) is 1. The maximum Gasteiger partial charge on any atom is 0.280 e. The molecule has 3 aromatic rings. The lowest BCUT2D eigenvalue weighted by molar-refractivity contribution is -0.384. The van der Waals surface area contributed by atoms with Gasteiger partial charge in [-0.05, 0) is 12.1 Å². The topological polar surface area (TPSA) is 112 Å². The van der Waals surface area contributed by atoms with Crippen molar-refractivity contribution in [2.24, 2.45) is 0 Å². The van der Waals surface area contributed by atoms with E-state index in [0.717, 1.165) is 18.2 Å². The number of amides is 1. The fourth-order valence-electron chi connectivity index (χ4n) is 2.48. The minimum atomic E-state index is -3.14. The van der Waals surface area contributed by atoms with E-state index < -0.39 is 35.1 Å². The highest BCUT2D eigenvalue weighted by Gasteiger charge is 2.22. The first kappa shape index (κ1) is 20.0. The number of alkyl halides is 4. The predicted octanol–water partition coefficient (Wildman–Crippen LogP) is 3.77. The molecule has 1 aromatic carbocycles. The number of nitro benzene ring substituents is 1. The van der Waals surface area contributed by atoms with Gasteiger partial charge in [0.05, 0.1) is 23.8 Å². The number of nitrogens with zero attached hydrogens (tertiary/aromatic N) is 4. The van der Waals surface area contributed by atoms with Crippen LogP contribution in [0.15, 0.2) is 30.3 Å². The van der Waals surface area contributed by atoms with Crippen LogP contribution < -0.4 is 10.1 Å². The van der Waals surface area contributed by atoms with Crippen LogP contribution in [0.25, 0.3) is 5.65 Å². The second kappa shape index (κ2) is 7.69. The second-order valence-electron chi connectivity index (χ2n) is 5.60. The van der Waals surface area contributed by atoms with Crippen LogP contribution in [0, 0.1) is 10.1 Å². The Hall–Kier alpha value is -3.77. The van der Waals surface area contributed by atoms with E-state index in [1.807, 2.05) is 0 Å². The van der Waals surface area contributed by atoms with Crippen LogP contribution in [-0.4, -0.2) is 32.5 Å². The Balaban J connectivity index is 1.98. The lowest BCUT2D eigenvalue weighted by Gasteiger charge is -2.08. The molecule has 2 aromatic heterocycles. The molecule has 0 atom stereocenters. The number of rotatable bonds is 6. The van der Waals surface area contributed by atoms with E-state index in [-0.39, 0.29) is 28.5 Å². The number of non-ortho nitro benzene ring substituents is 1. The van der Waals surface area contributed by atoms with Crippen LogP contribution in [0.5, 0.6) is 5.75 Å². The van der Waals surface area contributed by atoms with Crippen molar-refractivity contribution in [2.45, 2.75) is 12.9 Å². The number of aromatic nitrogens is 3. The van der Waals surface area contributed by atoms with Gasteiger partial charge in [-0.2, -0.15) is 5.10 Å². The molecule has 0 aliphatic carbocycles. The second-order valence-corrected chi connectivity index (χ2v) is 5.60. The quantitative estimate of drug-likeness (QED) is 0.374. The number of methoxy groups -OCH3 is 1. The normalized spacial score (nSPS) is 11.3. The molecular formula is C16H11F4N5O4. The van der Waals surface area contributed by atoms with Crippen LogP contribution in [0.1, 0.15) is 34.7 Å². The third kappa shape index (κ3) is 3.93. The van der Waals surface area contributed by atoms with Crippen LogP contribution in [-0.2, 0) is 0 Å². The molecule has 0 spiro atoms. The van der Waals surface area contributed by atoms with Crippen molar-refractivity contribution in [3.8, 4) is 5.75 Å². The molecule has 3 rings (SSSR count). The zero-order valence-corrected chi connectivity index (χ0v) is 14.5. The number of halogens is 4. The summed E-state index contributed by atoms with van der Waals surface area (Å²) in [7, 11) is 1.23. The van der Waals surface area contributed by atoms with Gasteiger partial charge in [-0.3, -0.25) is 14.9 Å². The van der Waals surface area contributed by atoms with E-state index >= 15 is 0 Å². The van der Waals surface area contributed by atoms with Crippen LogP contribution >= 0.6 is 0 Å². The molecule has 0 saturated heterocycles. The maximum atomic E-state index is 13.2. The smallest absolute Gasteiger partial charge is 0.280 e. The first-order valence-electron chi connectivity index (χ1n) is 7.82. The Morgan fingerprint density at radius 2 is 1.93 bits per heavy atom. The summed E-state index contributed by atoms with van der Waals surface area (Å²) in [6, 6.07) is 4.88. The number of carbonyl (C=O) groups excluding carboxylic acids is 1. The van der Waals surface area contributed by atoms with Gasteiger partial charge in [0.15, 0.2) is 11.3 Å². The largest absolute Gasteiger partial charge is 0.494 e. The van der Waals surface area contributed by atoms with E-state index in [1.165, 1.54) is 13.2 Å². The van der Waals surface area contributed by atoms with E-state index in [9.17, 15) is 32.5 Å². The van der Waals surface area contributed by atoms with Crippen LogP contribution in [0.4, 0.5) is 28.9 Å². The van der Waals surface area contributed by atoms with Gasteiger partial charge < -0.3 is 10.1 Å². The molecule has 0 aliphatic rings. The molecule has 9 nitrogen and oxygen atoms in total. The Morgan fingerprint density at radius 3 is 2.52 bits per heavy atom. The number of benzene rings is 1. The molecule has 29 heavy (non-hydrogen) atoms. The van der Waals surface area contributed by atoms with E-state index in [0.29, 0.717) is 10.6 Å². The van der Waals surface area contributed by atoms with Crippen molar-refractivity contribution in [3.63, 3.8) is 0 Å². The summed E-state index contributed by atoms with van der Waals surface area (Å²) in [5, 5.41) is 16.9. The molecular weight excluding hydrogens is 402 g/mol. The highest BCUT2D eigenvalue weighted by molar-refractivity contribution is 6.04. The molecule has 0 saturated carbocycles. The molecule has 1 amide bonds. The molecule has 13 heteroatoms. The zero-order valence-electron chi connectivity index (χ0n) is 14.5. The van der Waals surface area contributed by atoms with Crippen molar-refractivity contribution in [3.05, 3.63) is 57.5 Å². The standard InChI is InChI=1S/C16H11F4N5O4/c1-29-12-4-7(25(27)28)2-3-8(12)22-16(26)10-6-13-21-9(14(17)18)5-11(15(19)20)24(13)23-10/h2-6,14-15H,1H3,(H,22,26). The summed E-state index contributed by atoms with van der Waals surface area (Å²) in [6.45, 7) is 0. The van der Waals surface area contributed by atoms with Crippen LogP contribution in [0.2, 0.25) is 0 Å². The van der Waals surface area contributed by atoms with Crippen molar-refractivity contribution in [1.82, 2.24) is 14.6 Å². The van der Waals surface area contributed by atoms with Gasteiger partial charge >= 0.3 is 0 Å². The predicted molar refractivity (Wildman–Crippen MR) is 90.5 cm³/mol. The molecule has 0 fully saturated rings. The minimum Gasteiger partial charge on any atom is -0.494 e. The summed E-state index contributed by atoms with van der Waals surface area (Å²) in [6.07, 6.45) is -6.22. The number of carbonyl (C=O) groups is 1. The number of nitro groups is 1. The molecule has 1 N–H and O–H groups in total. The fourth-order valence-corrected chi connectivity index (χ4v) is 2.48. The monoisotopic (exact) mass is 413 g/mol.